The first-order chi connectivity index (χ1) is 11.2. The minimum absolute atomic E-state index is 0.0780. The van der Waals surface area contributed by atoms with E-state index in [4.69, 9.17) is 10.00 Å². The van der Waals surface area contributed by atoms with E-state index in [9.17, 15) is 9.59 Å². The summed E-state index contributed by atoms with van der Waals surface area (Å²) in [5, 5.41) is 8.77. The number of carbonyl (C=O) groups excluding carboxylic acids is 2. The van der Waals surface area contributed by atoms with Crippen molar-refractivity contribution in [2.24, 2.45) is 5.92 Å². The number of nitrogens with zero attached hydrogens (tertiary/aromatic N) is 1. The van der Waals surface area contributed by atoms with Gasteiger partial charge in [0.25, 0.3) is 0 Å². The molecule has 0 saturated heterocycles. The largest absolute Gasteiger partial charge is 0.489 e. The maximum atomic E-state index is 12.1. The second kappa shape index (κ2) is 6.45. The number of ketones is 2. The molecule has 0 spiro atoms. The number of carbonyl (C=O) groups is 2. The molecule has 114 valence electrons. The zero-order valence-electron chi connectivity index (χ0n) is 12.5. The molecule has 0 bridgehead atoms. The van der Waals surface area contributed by atoms with Crippen LogP contribution in [-0.2, 0) is 11.4 Å². The summed E-state index contributed by atoms with van der Waals surface area (Å²) >= 11 is 0. The zero-order chi connectivity index (χ0) is 16.2. The number of benzene rings is 2. The number of Topliss-reactive ketones (excluding diaryl/α,β-unsaturated/α-hetero) is 2. The maximum absolute atomic E-state index is 12.1. The molecule has 4 nitrogen and oxygen atoms in total. The van der Waals surface area contributed by atoms with Crippen molar-refractivity contribution in [3.8, 4) is 11.8 Å². The van der Waals surface area contributed by atoms with E-state index in [2.05, 4.69) is 6.07 Å². The van der Waals surface area contributed by atoms with Gasteiger partial charge < -0.3 is 4.74 Å². The van der Waals surface area contributed by atoms with E-state index >= 15 is 0 Å². The Morgan fingerprint density at radius 1 is 1.13 bits per heavy atom. The molecule has 1 aliphatic carbocycles. The molecule has 0 N–H and O–H groups in total. The number of nitriles is 1. The van der Waals surface area contributed by atoms with Gasteiger partial charge in [0.15, 0.2) is 0 Å². The van der Waals surface area contributed by atoms with Crippen molar-refractivity contribution in [1.82, 2.24) is 0 Å². The van der Waals surface area contributed by atoms with Gasteiger partial charge in [0.1, 0.15) is 12.4 Å². The molecule has 1 saturated carbocycles. The molecule has 0 aromatic heterocycles. The quantitative estimate of drug-likeness (QED) is 0.606. The fraction of sp³-hybridized carbons (Fsp3) is 0.211. The van der Waals surface area contributed by atoms with Crippen molar-refractivity contribution in [2.75, 3.05) is 0 Å². The fourth-order valence-electron chi connectivity index (χ4n) is 2.24. The predicted octanol–water partition coefficient (Wildman–Crippen LogP) is 3.30. The van der Waals surface area contributed by atoms with E-state index in [1.807, 2.05) is 12.1 Å². The first-order valence-electron chi connectivity index (χ1n) is 7.48. The van der Waals surface area contributed by atoms with Gasteiger partial charge in [0.05, 0.1) is 11.6 Å². The second-order valence-corrected chi connectivity index (χ2v) is 5.59. The maximum Gasteiger partial charge on any atom is 0.228 e. The van der Waals surface area contributed by atoms with Crippen LogP contribution in [0.5, 0.6) is 5.75 Å². The Morgan fingerprint density at radius 2 is 1.87 bits per heavy atom. The van der Waals surface area contributed by atoms with Crippen molar-refractivity contribution in [2.45, 2.75) is 19.4 Å². The molecular weight excluding hydrogens is 290 g/mol. The molecule has 4 heteroatoms. The van der Waals surface area contributed by atoms with Gasteiger partial charge >= 0.3 is 0 Å². The SMILES string of the molecule is N#Cc1ccc(COc2cccc(C(=O)C(=O)C3CC3)c2)cc1. The van der Waals surface area contributed by atoms with E-state index in [1.165, 1.54) is 0 Å². The van der Waals surface area contributed by atoms with Crippen LogP contribution in [0.1, 0.15) is 34.3 Å². The molecule has 1 fully saturated rings. The topological polar surface area (TPSA) is 67.2 Å². The van der Waals surface area contributed by atoms with Crippen molar-refractivity contribution in [1.29, 1.82) is 5.26 Å². The lowest BCUT2D eigenvalue weighted by Crippen LogP contribution is -2.15. The third kappa shape index (κ3) is 3.64. The Kier molecular flexibility index (Phi) is 4.20. The number of ether oxygens (including phenoxy) is 1. The lowest BCUT2D eigenvalue weighted by molar-refractivity contribution is -0.116. The molecule has 1 aliphatic rings. The van der Waals surface area contributed by atoms with E-state index in [0.717, 1.165) is 18.4 Å². The molecule has 0 aliphatic heterocycles. The Hall–Kier alpha value is -2.93. The molecule has 0 amide bonds. The average molecular weight is 305 g/mol. The molecular formula is C19H15NO3. The first kappa shape index (κ1) is 15.0. The standard InChI is InChI=1S/C19H15NO3/c20-11-13-4-6-14(7-5-13)12-23-17-3-1-2-16(10-17)19(22)18(21)15-8-9-15/h1-7,10,15H,8-9,12H2. The highest BCUT2D eigenvalue weighted by molar-refractivity contribution is 6.44. The van der Waals surface area contributed by atoms with Crippen molar-refractivity contribution in [3.05, 3.63) is 65.2 Å². The van der Waals surface area contributed by atoms with Gasteiger partial charge in [-0.15, -0.1) is 0 Å². The molecule has 0 unspecified atom stereocenters. The van der Waals surface area contributed by atoms with Crippen LogP contribution in [0.4, 0.5) is 0 Å². The highest BCUT2D eigenvalue weighted by Gasteiger charge is 2.34. The smallest absolute Gasteiger partial charge is 0.228 e. The lowest BCUT2D eigenvalue weighted by atomic mass is 10.0. The van der Waals surface area contributed by atoms with Crippen LogP contribution in [0.25, 0.3) is 0 Å². The Balaban J connectivity index is 1.66. The number of hydrogen-bond acceptors (Lipinski definition) is 4. The van der Waals surface area contributed by atoms with Crippen LogP contribution in [0.3, 0.4) is 0 Å². The van der Waals surface area contributed by atoms with Crippen LogP contribution >= 0.6 is 0 Å². The normalized spacial score (nSPS) is 13.2. The Labute approximate surface area is 134 Å². The van der Waals surface area contributed by atoms with Gasteiger partial charge in [-0.2, -0.15) is 5.26 Å². The summed E-state index contributed by atoms with van der Waals surface area (Å²) in [5.74, 6) is -0.264. The summed E-state index contributed by atoms with van der Waals surface area (Å²) < 4.78 is 5.67. The van der Waals surface area contributed by atoms with E-state index in [0.29, 0.717) is 23.5 Å². The van der Waals surface area contributed by atoms with Crippen LogP contribution < -0.4 is 4.74 Å². The highest BCUT2D eigenvalue weighted by Crippen LogP contribution is 2.31. The molecule has 0 atom stereocenters. The lowest BCUT2D eigenvalue weighted by Gasteiger charge is -2.08. The van der Waals surface area contributed by atoms with Gasteiger partial charge in [-0.3, -0.25) is 9.59 Å². The number of hydrogen-bond donors (Lipinski definition) is 0. The van der Waals surface area contributed by atoms with Crippen molar-refractivity contribution in [3.63, 3.8) is 0 Å². The molecule has 23 heavy (non-hydrogen) atoms. The minimum atomic E-state index is -0.434. The predicted molar refractivity (Wildman–Crippen MR) is 84.0 cm³/mol. The Morgan fingerprint density at radius 3 is 2.52 bits per heavy atom. The molecule has 2 aromatic rings. The van der Waals surface area contributed by atoms with Gasteiger partial charge in [-0.25, -0.2) is 0 Å². The molecule has 3 rings (SSSR count). The van der Waals surface area contributed by atoms with Crippen LogP contribution in [0, 0.1) is 17.2 Å². The number of rotatable bonds is 6. The first-order valence-corrected chi connectivity index (χ1v) is 7.48. The fourth-order valence-corrected chi connectivity index (χ4v) is 2.24. The van der Waals surface area contributed by atoms with Gasteiger partial charge in [0.2, 0.25) is 11.6 Å². The van der Waals surface area contributed by atoms with E-state index < -0.39 is 5.78 Å². The van der Waals surface area contributed by atoms with E-state index in [-0.39, 0.29) is 11.7 Å². The summed E-state index contributed by atoms with van der Waals surface area (Å²) in [5.41, 5.74) is 1.90. The van der Waals surface area contributed by atoms with Gasteiger partial charge in [-0.1, -0.05) is 24.3 Å². The molecule has 2 aromatic carbocycles. The summed E-state index contributed by atoms with van der Waals surface area (Å²) in [6, 6.07) is 15.9. The van der Waals surface area contributed by atoms with Crippen molar-refractivity contribution >= 4 is 11.6 Å². The van der Waals surface area contributed by atoms with E-state index in [1.54, 1.807) is 36.4 Å². The van der Waals surface area contributed by atoms with Crippen LogP contribution in [0.15, 0.2) is 48.5 Å². The van der Waals surface area contributed by atoms with Crippen LogP contribution in [-0.4, -0.2) is 11.6 Å². The van der Waals surface area contributed by atoms with Gasteiger partial charge in [-0.05, 0) is 42.7 Å². The minimum Gasteiger partial charge on any atom is -0.489 e. The zero-order valence-corrected chi connectivity index (χ0v) is 12.5. The van der Waals surface area contributed by atoms with Gasteiger partial charge in [0, 0.05) is 11.5 Å². The summed E-state index contributed by atoms with van der Waals surface area (Å²) in [4.78, 5) is 23.9. The molecule has 0 radical (unpaired) electrons. The Bertz CT molecular complexity index is 783. The van der Waals surface area contributed by atoms with Crippen molar-refractivity contribution < 1.29 is 14.3 Å². The summed E-state index contributed by atoms with van der Waals surface area (Å²) in [6.07, 6.45) is 1.64. The van der Waals surface area contributed by atoms with Crippen LogP contribution in [0.2, 0.25) is 0 Å². The third-order valence-corrected chi connectivity index (χ3v) is 3.76. The summed E-state index contributed by atoms with van der Waals surface area (Å²) in [6.45, 7) is 0.333. The molecule has 0 heterocycles. The average Bonchev–Trinajstić information content (AvgIpc) is 3.44. The second-order valence-electron chi connectivity index (χ2n) is 5.59. The highest BCUT2D eigenvalue weighted by atomic mass is 16.5. The summed E-state index contributed by atoms with van der Waals surface area (Å²) in [7, 11) is 0. The third-order valence-electron chi connectivity index (χ3n) is 3.76. The monoisotopic (exact) mass is 305 g/mol.